The van der Waals surface area contributed by atoms with E-state index in [-0.39, 0.29) is 5.92 Å². The number of halogens is 1. The molecule has 0 spiro atoms. The highest BCUT2D eigenvalue weighted by molar-refractivity contribution is 7.99. The van der Waals surface area contributed by atoms with E-state index in [0.717, 1.165) is 33.5 Å². The van der Waals surface area contributed by atoms with Gasteiger partial charge in [-0.25, -0.2) is 4.98 Å². The van der Waals surface area contributed by atoms with Gasteiger partial charge in [0, 0.05) is 40.4 Å². The van der Waals surface area contributed by atoms with E-state index in [1.807, 2.05) is 24.4 Å². The number of aliphatic hydroxyl groups is 1. The zero-order chi connectivity index (χ0) is 12.5. The Labute approximate surface area is 115 Å². The molecule has 0 saturated carbocycles. The van der Waals surface area contributed by atoms with Gasteiger partial charge in [0.2, 0.25) is 0 Å². The predicted molar refractivity (Wildman–Crippen MR) is 72.9 cm³/mol. The van der Waals surface area contributed by atoms with E-state index in [0.29, 0.717) is 0 Å². The van der Waals surface area contributed by atoms with Crippen LogP contribution in [0.5, 0.6) is 0 Å². The van der Waals surface area contributed by atoms with Gasteiger partial charge in [0.05, 0.1) is 6.10 Å². The second-order valence-corrected chi connectivity index (χ2v) is 5.94. The van der Waals surface area contributed by atoms with Crippen LogP contribution in [0.3, 0.4) is 0 Å². The Bertz CT molecular complexity index is 544. The summed E-state index contributed by atoms with van der Waals surface area (Å²) in [6, 6.07) is 5.68. The fourth-order valence-electron chi connectivity index (χ4n) is 2.25. The first kappa shape index (κ1) is 12.1. The third-order valence-electron chi connectivity index (χ3n) is 3.20. The van der Waals surface area contributed by atoms with Gasteiger partial charge in [0.1, 0.15) is 5.82 Å². The quantitative estimate of drug-likeness (QED) is 0.889. The summed E-state index contributed by atoms with van der Waals surface area (Å²) in [5.41, 5.74) is 0.979. The fourth-order valence-corrected chi connectivity index (χ4v) is 3.74. The lowest BCUT2D eigenvalue weighted by Crippen LogP contribution is -2.22. The summed E-state index contributed by atoms with van der Waals surface area (Å²) >= 11 is 7.72. The maximum absolute atomic E-state index is 10.4. The second-order valence-electron chi connectivity index (χ2n) is 4.44. The number of nitrogens with one attached hydrogen (secondary N) is 1. The van der Waals surface area contributed by atoms with E-state index in [4.69, 9.17) is 11.6 Å². The molecule has 94 valence electrons. The number of H-pyrrole nitrogens is 1. The predicted octanol–water partition coefficient (Wildman–Crippen LogP) is 3.06. The van der Waals surface area contributed by atoms with Crippen LogP contribution in [-0.2, 0) is 6.42 Å². The number of nitrogens with zero attached hydrogens (tertiary/aromatic N) is 1. The Morgan fingerprint density at radius 1 is 1.50 bits per heavy atom. The molecule has 0 bridgehead atoms. The van der Waals surface area contributed by atoms with Gasteiger partial charge >= 0.3 is 0 Å². The lowest BCUT2D eigenvalue weighted by Gasteiger charge is -2.29. The Morgan fingerprint density at radius 3 is 3.17 bits per heavy atom. The van der Waals surface area contributed by atoms with Crippen molar-refractivity contribution in [1.29, 1.82) is 0 Å². The van der Waals surface area contributed by atoms with Crippen molar-refractivity contribution in [2.24, 2.45) is 5.92 Å². The lowest BCUT2D eigenvalue weighted by molar-refractivity contribution is 0.114. The van der Waals surface area contributed by atoms with E-state index < -0.39 is 6.10 Å². The number of aromatic nitrogens is 2. The van der Waals surface area contributed by atoms with Gasteiger partial charge in [-0.15, -0.1) is 11.8 Å². The maximum atomic E-state index is 10.4. The molecule has 2 atom stereocenters. The molecule has 0 fully saturated rings. The molecule has 0 unspecified atom stereocenters. The molecule has 0 radical (unpaired) electrons. The number of aliphatic hydroxyl groups excluding tert-OH is 1. The number of fused-ring (bicyclic) bond motifs is 1. The van der Waals surface area contributed by atoms with Crippen molar-refractivity contribution in [3.63, 3.8) is 0 Å². The van der Waals surface area contributed by atoms with Crippen LogP contribution in [0.15, 0.2) is 35.5 Å². The van der Waals surface area contributed by atoms with Crippen LogP contribution >= 0.6 is 23.4 Å². The van der Waals surface area contributed by atoms with Gasteiger partial charge in [-0.1, -0.05) is 17.7 Å². The summed E-state index contributed by atoms with van der Waals surface area (Å²) in [7, 11) is 0. The monoisotopic (exact) mass is 280 g/mol. The molecule has 2 heterocycles. The maximum Gasteiger partial charge on any atom is 0.106 e. The molecule has 5 heteroatoms. The van der Waals surface area contributed by atoms with Crippen LogP contribution in [0.25, 0.3) is 0 Å². The lowest BCUT2D eigenvalue weighted by atomic mass is 9.93. The van der Waals surface area contributed by atoms with Gasteiger partial charge < -0.3 is 10.1 Å². The minimum atomic E-state index is -0.441. The zero-order valence-corrected chi connectivity index (χ0v) is 11.2. The number of benzene rings is 1. The topological polar surface area (TPSA) is 48.9 Å². The number of aromatic amines is 1. The highest BCUT2D eigenvalue weighted by Crippen LogP contribution is 2.41. The third-order valence-corrected chi connectivity index (χ3v) is 4.70. The number of imidazole rings is 1. The Kier molecular flexibility index (Phi) is 3.33. The van der Waals surface area contributed by atoms with Crippen LogP contribution in [0.2, 0.25) is 5.02 Å². The van der Waals surface area contributed by atoms with E-state index in [1.54, 1.807) is 18.0 Å². The minimum Gasteiger partial charge on any atom is -0.388 e. The molecule has 0 saturated heterocycles. The van der Waals surface area contributed by atoms with Crippen LogP contribution in [0.1, 0.15) is 17.5 Å². The molecule has 18 heavy (non-hydrogen) atoms. The third kappa shape index (κ3) is 2.28. The average Bonchev–Trinajstić information content (AvgIpc) is 2.85. The van der Waals surface area contributed by atoms with Crippen LogP contribution in [0.4, 0.5) is 0 Å². The summed E-state index contributed by atoms with van der Waals surface area (Å²) in [5, 5.41) is 11.1. The van der Waals surface area contributed by atoms with Crippen molar-refractivity contribution in [3.8, 4) is 0 Å². The van der Waals surface area contributed by atoms with Crippen LogP contribution in [0, 0.1) is 5.92 Å². The highest BCUT2D eigenvalue weighted by atomic mass is 35.5. The van der Waals surface area contributed by atoms with Crippen molar-refractivity contribution >= 4 is 23.4 Å². The molecule has 3 rings (SSSR count). The zero-order valence-electron chi connectivity index (χ0n) is 9.64. The number of thioether (sulfide) groups is 1. The standard InChI is InChI=1S/C13H13ClN2OS/c14-9-1-2-10-11(6-9)18-7-8(13(10)17)5-12-15-3-4-16-12/h1-4,6,8,13,17H,5,7H2,(H,15,16)/t8-,13+/m1/s1. The molecule has 0 aliphatic carbocycles. The van der Waals surface area contributed by atoms with E-state index in [9.17, 15) is 5.11 Å². The first-order chi connectivity index (χ1) is 8.74. The van der Waals surface area contributed by atoms with Crippen molar-refractivity contribution < 1.29 is 5.11 Å². The Morgan fingerprint density at radius 2 is 2.39 bits per heavy atom. The number of hydrogen-bond acceptors (Lipinski definition) is 3. The van der Waals surface area contributed by atoms with Gasteiger partial charge in [-0.2, -0.15) is 0 Å². The van der Waals surface area contributed by atoms with Gasteiger partial charge in [0.25, 0.3) is 0 Å². The van der Waals surface area contributed by atoms with Gasteiger partial charge in [-0.05, 0) is 17.7 Å². The SMILES string of the molecule is O[C@@H]1c2ccc(Cl)cc2SC[C@H]1Cc1ncc[nH]1. The largest absolute Gasteiger partial charge is 0.388 e. The molecule has 2 N–H and O–H groups in total. The first-order valence-electron chi connectivity index (χ1n) is 5.82. The normalized spacial score (nSPS) is 22.8. The van der Waals surface area contributed by atoms with Crippen LogP contribution in [-0.4, -0.2) is 20.8 Å². The van der Waals surface area contributed by atoms with Crippen molar-refractivity contribution in [2.75, 3.05) is 5.75 Å². The smallest absolute Gasteiger partial charge is 0.106 e. The summed E-state index contributed by atoms with van der Waals surface area (Å²) in [5.74, 6) is 2.00. The Balaban J connectivity index is 1.83. The molecular weight excluding hydrogens is 268 g/mol. The van der Waals surface area contributed by atoms with Crippen molar-refractivity contribution in [2.45, 2.75) is 17.4 Å². The fraction of sp³-hybridized carbons (Fsp3) is 0.308. The average molecular weight is 281 g/mol. The molecule has 1 aromatic carbocycles. The summed E-state index contributed by atoms with van der Waals surface area (Å²) in [6.45, 7) is 0. The summed E-state index contributed by atoms with van der Waals surface area (Å²) < 4.78 is 0. The Hall–Kier alpha value is -0.970. The first-order valence-corrected chi connectivity index (χ1v) is 7.19. The number of rotatable bonds is 2. The molecular formula is C13H13ClN2OS. The van der Waals surface area contributed by atoms with Crippen molar-refractivity contribution in [1.82, 2.24) is 9.97 Å². The molecule has 0 amide bonds. The minimum absolute atomic E-state index is 0.190. The summed E-state index contributed by atoms with van der Waals surface area (Å²) in [4.78, 5) is 8.39. The molecule has 1 aromatic heterocycles. The highest BCUT2D eigenvalue weighted by Gasteiger charge is 2.29. The van der Waals surface area contributed by atoms with Crippen molar-refractivity contribution in [3.05, 3.63) is 47.0 Å². The molecule has 2 aromatic rings. The van der Waals surface area contributed by atoms with Gasteiger partial charge in [0.15, 0.2) is 0 Å². The molecule has 1 aliphatic rings. The van der Waals surface area contributed by atoms with Crippen LogP contribution < -0.4 is 0 Å². The number of hydrogen-bond donors (Lipinski definition) is 2. The van der Waals surface area contributed by atoms with E-state index >= 15 is 0 Å². The molecule has 1 aliphatic heterocycles. The van der Waals surface area contributed by atoms with Gasteiger partial charge in [-0.3, -0.25) is 0 Å². The summed E-state index contributed by atoms with van der Waals surface area (Å²) in [6.07, 6.45) is 3.88. The van der Waals surface area contributed by atoms with E-state index in [1.165, 1.54) is 0 Å². The second kappa shape index (κ2) is 4.96. The molecule has 3 nitrogen and oxygen atoms in total. The van der Waals surface area contributed by atoms with E-state index in [2.05, 4.69) is 9.97 Å².